The first-order valence-corrected chi connectivity index (χ1v) is 13.0. The lowest BCUT2D eigenvalue weighted by Crippen LogP contribution is -2.42. The number of nitrogens with one attached hydrogen (secondary N) is 1. The van der Waals surface area contributed by atoms with Crippen molar-refractivity contribution in [3.63, 3.8) is 0 Å². The zero-order valence-corrected chi connectivity index (χ0v) is 20.6. The molecule has 2 aromatic carbocycles. The zero-order valence-electron chi connectivity index (χ0n) is 19.8. The smallest absolute Gasteiger partial charge is 0.253 e. The molecule has 33 heavy (non-hydrogen) atoms. The number of aldehydes is 1. The van der Waals surface area contributed by atoms with Gasteiger partial charge in [0.1, 0.15) is 0 Å². The molecule has 5 nitrogen and oxygen atoms in total. The summed E-state index contributed by atoms with van der Waals surface area (Å²) in [5.74, 6) is 0.501. The molecule has 1 amide bonds. The normalized spacial score (nSPS) is 18.3. The van der Waals surface area contributed by atoms with Crippen LogP contribution in [0.15, 0.2) is 47.4 Å². The number of likely N-dealkylation sites (tertiary alicyclic amines) is 1. The maximum absolute atomic E-state index is 12.4. The van der Waals surface area contributed by atoms with Gasteiger partial charge in [-0.2, -0.15) is 0 Å². The predicted octanol–water partition coefficient (Wildman–Crippen LogP) is 4.64. The summed E-state index contributed by atoms with van der Waals surface area (Å²) in [4.78, 5) is 30.2. The molecule has 2 aliphatic rings. The lowest BCUT2D eigenvalue weighted by molar-refractivity contribution is 0.0957. The van der Waals surface area contributed by atoms with Crippen LogP contribution in [0.3, 0.4) is 0 Å². The number of benzene rings is 2. The van der Waals surface area contributed by atoms with E-state index < -0.39 is 0 Å². The lowest BCUT2D eigenvalue weighted by Gasteiger charge is -2.38. The van der Waals surface area contributed by atoms with E-state index in [1.54, 1.807) is 13.1 Å². The first kappa shape index (κ1) is 23.8. The summed E-state index contributed by atoms with van der Waals surface area (Å²) in [5, 5.41) is 3.41. The molecule has 2 fully saturated rings. The number of carbonyl (C=O) groups excluding carboxylic acids is 2. The third kappa shape index (κ3) is 5.98. The van der Waals surface area contributed by atoms with Crippen molar-refractivity contribution < 1.29 is 9.59 Å². The number of nitrogens with zero attached hydrogens (tertiary/aromatic N) is 2. The van der Waals surface area contributed by atoms with Gasteiger partial charge in [-0.05, 0) is 69.8 Å². The van der Waals surface area contributed by atoms with E-state index in [1.165, 1.54) is 42.9 Å². The average molecular weight is 466 g/mol. The Morgan fingerprint density at radius 1 is 1.03 bits per heavy atom. The van der Waals surface area contributed by atoms with Crippen molar-refractivity contribution in [2.75, 3.05) is 44.7 Å². The van der Waals surface area contributed by atoms with Crippen LogP contribution in [-0.2, 0) is 0 Å². The molecule has 2 aromatic rings. The molecule has 0 unspecified atom stereocenters. The van der Waals surface area contributed by atoms with Gasteiger partial charge in [0.05, 0.1) is 11.3 Å². The molecule has 6 heteroatoms. The Kier molecular flexibility index (Phi) is 8.10. The van der Waals surface area contributed by atoms with E-state index >= 15 is 0 Å². The number of hydrogen-bond donors (Lipinski definition) is 1. The van der Waals surface area contributed by atoms with Crippen LogP contribution in [0.4, 0.5) is 5.69 Å². The predicted molar refractivity (Wildman–Crippen MR) is 137 cm³/mol. The Morgan fingerprint density at radius 2 is 1.73 bits per heavy atom. The molecule has 2 aliphatic heterocycles. The molecular weight excluding hydrogens is 430 g/mol. The molecule has 0 aromatic heterocycles. The van der Waals surface area contributed by atoms with Crippen LogP contribution in [-0.4, -0.2) is 62.1 Å². The SMILES string of the molecule is CNC(=O)c1c(C=O)cccc1N1CCC(CN2CCC(Sc3ccc(C)cc3)CC2)CC1. The number of amides is 1. The lowest BCUT2D eigenvalue weighted by atomic mass is 9.94. The van der Waals surface area contributed by atoms with Crippen molar-refractivity contribution in [1.29, 1.82) is 0 Å². The number of anilines is 1. The van der Waals surface area contributed by atoms with Crippen LogP contribution in [0, 0.1) is 12.8 Å². The maximum atomic E-state index is 12.4. The highest BCUT2D eigenvalue weighted by molar-refractivity contribution is 8.00. The quantitative estimate of drug-likeness (QED) is 0.604. The zero-order chi connectivity index (χ0) is 23.2. The summed E-state index contributed by atoms with van der Waals surface area (Å²) < 4.78 is 0. The van der Waals surface area contributed by atoms with Crippen LogP contribution in [0.5, 0.6) is 0 Å². The van der Waals surface area contributed by atoms with Crippen LogP contribution in [0.1, 0.15) is 52.0 Å². The second-order valence-electron chi connectivity index (χ2n) is 9.30. The van der Waals surface area contributed by atoms with Gasteiger partial charge in [-0.3, -0.25) is 9.59 Å². The molecule has 2 saturated heterocycles. The number of rotatable bonds is 7. The van der Waals surface area contributed by atoms with Gasteiger partial charge >= 0.3 is 0 Å². The van der Waals surface area contributed by atoms with E-state index in [1.807, 2.05) is 23.9 Å². The van der Waals surface area contributed by atoms with Gasteiger partial charge in [-0.15, -0.1) is 11.8 Å². The first-order valence-electron chi connectivity index (χ1n) is 12.1. The standard InChI is InChI=1S/C27H35N3O2S/c1-20-6-8-23(9-7-20)33-24-12-14-29(15-13-24)18-21-10-16-30(17-11-21)25-5-3-4-22(19-31)26(25)27(32)28-2/h3-9,19,21,24H,10-18H2,1-2H3,(H,28,32). The number of thioether (sulfide) groups is 1. The van der Waals surface area contributed by atoms with E-state index in [0.717, 1.165) is 43.2 Å². The highest BCUT2D eigenvalue weighted by Gasteiger charge is 2.27. The number of aryl methyl sites for hydroxylation is 1. The minimum Gasteiger partial charge on any atom is -0.371 e. The highest BCUT2D eigenvalue weighted by atomic mass is 32.2. The number of carbonyl (C=O) groups is 2. The van der Waals surface area contributed by atoms with Gasteiger partial charge in [0.15, 0.2) is 6.29 Å². The van der Waals surface area contributed by atoms with E-state index in [9.17, 15) is 9.59 Å². The van der Waals surface area contributed by atoms with E-state index in [-0.39, 0.29) is 5.91 Å². The van der Waals surface area contributed by atoms with Gasteiger partial charge < -0.3 is 15.1 Å². The summed E-state index contributed by atoms with van der Waals surface area (Å²) in [6.07, 6.45) is 5.53. The number of hydrogen-bond acceptors (Lipinski definition) is 5. The maximum Gasteiger partial charge on any atom is 0.253 e. The van der Waals surface area contributed by atoms with Gasteiger partial charge in [0.25, 0.3) is 5.91 Å². The van der Waals surface area contributed by atoms with Crippen LogP contribution >= 0.6 is 11.8 Å². The molecule has 0 aliphatic carbocycles. The molecule has 4 rings (SSSR count). The second-order valence-corrected chi connectivity index (χ2v) is 10.7. The van der Waals surface area contributed by atoms with E-state index in [2.05, 4.69) is 46.3 Å². The summed E-state index contributed by atoms with van der Waals surface area (Å²) >= 11 is 2.04. The molecule has 1 N–H and O–H groups in total. The van der Waals surface area contributed by atoms with Crippen LogP contribution in [0.25, 0.3) is 0 Å². The molecule has 0 radical (unpaired) electrons. The third-order valence-electron chi connectivity index (χ3n) is 6.99. The molecule has 0 saturated carbocycles. The van der Waals surface area contributed by atoms with Crippen molar-refractivity contribution in [2.24, 2.45) is 5.92 Å². The molecular formula is C27H35N3O2S. The minimum absolute atomic E-state index is 0.193. The van der Waals surface area contributed by atoms with E-state index in [0.29, 0.717) is 17.0 Å². The van der Waals surface area contributed by atoms with Crippen molar-refractivity contribution in [3.8, 4) is 0 Å². The van der Waals surface area contributed by atoms with E-state index in [4.69, 9.17) is 0 Å². The van der Waals surface area contributed by atoms with Crippen molar-refractivity contribution >= 4 is 29.6 Å². The van der Waals surface area contributed by atoms with Gasteiger partial charge in [0.2, 0.25) is 0 Å². The summed E-state index contributed by atoms with van der Waals surface area (Å²) in [7, 11) is 1.61. The average Bonchev–Trinajstić information content (AvgIpc) is 2.86. The molecule has 0 bridgehead atoms. The Bertz CT molecular complexity index is 946. The van der Waals surface area contributed by atoms with Crippen LogP contribution < -0.4 is 10.2 Å². The summed E-state index contributed by atoms with van der Waals surface area (Å²) in [5.41, 5.74) is 3.16. The van der Waals surface area contributed by atoms with Crippen molar-refractivity contribution in [2.45, 2.75) is 42.8 Å². The van der Waals surface area contributed by atoms with Crippen molar-refractivity contribution in [1.82, 2.24) is 10.2 Å². The molecule has 0 spiro atoms. The monoisotopic (exact) mass is 465 g/mol. The fourth-order valence-electron chi connectivity index (χ4n) is 5.03. The fourth-order valence-corrected chi connectivity index (χ4v) is 6.16. The Balaban J connectivity index is 1.26. The third-order valence-corrected chi connectivity index (χ3v) is 8.33. The molecule has 176 valence electrons. The van der Waals surface area contributed by atoms with Crippen LogP contribution in [0.2, 0.25) is 0 Å². The number of piperidine rings is 2. The van der Waals surface area contributed by atoms with Gasteiger partial charge in [0, 0.05) is 42.4 Å². The molecule has 2 heterocycles. The van der Waals surface area contributed by atoms with Crippen molar-refractivity contribution in [3.05, 3.63) is 59.2 Å². The largest absolute Gasteiger partial charge is 0.371 e. The fraction of sp³-hybridized carbons (Fsp3) is 0.481. The Labute approximate surface area is 201 Å². The molecule has 0 atom stereocenters. The van der Waals surface area contributed by atoms with Gasteiger partial charge in [-0.1, -0.05) is 29.8 Å². The minimum atomic E-state index is -0.193. The Morgan fingerprint density at radius 3 is 2.36 bits per heavy atom. The van der Waals surface area contributed by atoms with Gasteiger partial charge in [-0.25, -0.2) is 0 Å². The topological polar surface area (TPSA) is 52.7 Å². The second kappa shape index (κ2) is 11.2. The highest BCUT2D eigenvalue weighted by Crippen LogP contribution is 2.32. The Hall–Kier alpha value is -2.31. The first-order chi connectivity index (χ1) is 16.1. The summed E-state index contributed by atoms with van der Waals surface area (Å²) in [6.45, 7) is 7.54. The summed E-state index contributed by atoms with van der Waals surface area (Å²) in [6, 6.07) is 14.5.